The summed E-state index contributed by atoms with van der Waals surface area (Å²) in [6.45, 7) is 8.75. The van der Waals surface area contributed by atoms with Gasteiger partial charge in [0.2, 0.25) is 5.43 Å². The van der Waals surface area contributed by atoms with E-state index < -0.39 is 11.2 Å². The maximum absolute atomic E-state index is 13.1. The molecule has 0 bridgehead atoms. The van der Waals surface area contributed by atoms with Gasteiger partial charge >= 0.3 is 0 Å². The molecule has 1 aliphatic carbocycles. The highest BCUT2D eigenvalue weighted by Gasteiger charge is 2.41. The van der Waals surface area contributed by atoms with E-state index in [9.17, 15) is 14.7 Å². The van der Waals surface area contributed by atoms with E-state index in [4.69, 9.17) is 0 Å². The highest BCUT2D eigenvalue weighted by Crippen LogP contribution is 2.44. The molecule has 6 nitrogen and oxygen atoms in total. The number of hydrogen-bond acceptors (Lipinski definition) is 4. The van der Waals surface area contributed by atoms with Gasteiger partial charge in [-0.2, -0.15) is 0 Å². The van der Waals surface area contributed by atoms with Crippen LogP contribution in [0.15, 0.2) is 41.2 Å². The highest BCUT2D eigenvalue weighted by molar-refractivity contribution is 5.96. The molecule has 32 heavy (non-hydrogen) atoms. The molecule has 0 atom stereocenters. The summed E-state index contributed by atoms with van der Waals surface area (Å²) in [6.07, 6.45) is 5.55. The van der Waals surface area contributed by atoms with Crippen molar-refractivity contribution in [2.75, 3.05) is 13.1 Å². The van der Waals surface area contributed by atoms with Crippen molar-refractivity contribution in [1.29, 1.82) is 0 Å². The van der Waals surface area contributed by atoms with Crippen LogP contribution in [0, 0.1) is 0 Å². The Labute approximate surface area is 190 Å². The van der Waals surface area contributed by atoms with Gasteiger partial charge in [0.05, 0.1) is 0 Å². The minimum Gasteiger partial charge on any atom is -0.503 e. The van der Waals surface area contributed by atoms with Gasteiger partial charge in [0, 0.05) is 43.0 Å². The predicted molar refractivity (Wildman–Crippen MR) is 126 cm³/mol. The molecular formula is C26H35N3O3. The molecule has 0 spiro atoms. The van der Waals surface area contributed by atoms with Crippen LogP contribution in [0.1, 0.15) is 74.6 Å². The SMILES string of the molecule is CCCN(Cc1cc(=O)c(O)c2n1CCN(C(C)C)C2=O)C1(c2ccccc2)CCCC1. The van der Waals surface area contributed by atoms with Crippen molar-refractivity contribution in [2.24, 2.45) is 0 Å². The molecule has 1 aromatic heterocycles. The molecule has 6 heteroatoms. The summed E-state index contributed by atoms with van der Waals surface area (Å²) >= 11 is 0. The molecule has 0 unspecified atom stereocenters. The number of carbonyl (C=O) groups is 1. The minimum atomic E-state index is -0.471. The lowest BCUT2D eigenvalue weighted by atomic mass is 9.85. The molecule has 1 saturated carbocycles. The van der Waals surface area contributed by atoms with Crippen LogP contribution in [0.2, 0.25) is 0 Å². The van der Waals surface area contributed by atoms with Crippen LogP contribution >= 0.6 is 0 Å². The van der Waals surface area contributed by atoms with Gasteiger partial charge in [-0.15, -0.1) is 0 Å². The van der Waals surface area contributed by atoms with Crippen molar-refractivity contribution in [2.45, 2.75) is 77.5 Å². The first-order valence-corrected chi connectivity index (χ1v) is 12.0. The number of carbonyl (C=O) groups excluding carboxylic acids is 1. The monoisotopic (exact) mass is 437 g/mol. The third-order valence-electron chi connectivity index (χ3n) is 7.22. The summed E-state index contributed by atoms with van der Waals surface area (Å²) in [6, 6.07) is 12.3. The van der Waals surface area contributed by atoms with E-state index in [1.807, 2.05) is 18.4 Å². The van der Waals surface area contributed by atoms with Crippen LogP contribution in [0.5, 0.6) is 5.75 Å². The quantitative estimate of drug-likeness (QED) is 0.708. The van der Waals surface area contributed by atoms with Crippen LogP contribution in [0.3, 0.4) is 0 Å². The number of nitrogens with zero attached hydrogens (tertiary/aromatic N) is 3. The van der Waals surface area contributed by atoms with Crippen LogP contribution < -0.4 is 5.43 Å². The Hall–Kier alpha value is -2.60. The first kappa shape index (κ1) is 22.6. The lowest BCUT2D eigenvalue weighted by Gasteiger charge is -2.43. The number of hydrogen-bond donors (Lipinski definition) is 1. The van der Waals surface area contributed by atoms with Crippen LogP contribution in [0.25, 0.3) is 0 Å². The van der Waals surface area contributed by atoms with Crippen molar-refractivity contribution >= 4 is 5.91 Å². The fourth-order valence-corrected chi connectivity index (χ4v) is 5.63. The molecule has 1 N–H and O–H groups in total. The van der Waals surface area contributed by atoms with Gasteiger partial charge in [0.15, 0.2) is 11.4 Å². The first-order chi connectivity index (χ1) is 15.4. The van der Waals surface area contributed by atoms with E-state index in [1.54, 1.807) is 4.90 Å². The molecule has 4 rings (SSSR count). The lowest BCUT2D eigenvalue weighted by molar-refractivity contribution is 0.0615. The zero-order chi connectivity index (χ0) is 22.9. The largest absolute Gasteiger partial charge is 0.503 e. The number of aromatic hydroxyl groups is 1. The number of pyridine rings is 1. The Morgan fingerprint density at radius 3 is 2.41 bits per heavy atom. The van der Waals surface area contributed by atoms with Crippen LogP contribution in [-0.2, 0) is 18.6 Å². The van der Waals surface area contributed by atoms with Crippen LogP contribution in [0.4, 0.5) is 0 Å². The number of benzene rings is 1. The standard InChI is InChI=1S/C26H35N3O3/c1-4-14-27(26(12-8-9-13-26)20-10-6-5-7-11-20)18-21-17-22(30)24(31)23-25(32)28(19(2)3)15-16-29(21)23/h5-7,10-11,17,19,31H,4,8-9,12-16,18H2,1-3H3. The van der Waals surface area contributed by atoms with E-state index >= 15 is 0 Å². The van der Waals surface area contributed by atoms with Crippen molar-refractivity contribution in [3.8, 4) is 5.75 Å². The molecule has 2 aliphatic rings. The van der Waals surface area contributed by atoms with Gasteiger partial charge in [-0.1, -0.05) is 50.1 Å². The van der Waals surface area contributed by atoms with Crippen molar-refractivity contribution < 1.29 is 9.90 Å². The van der Waals surface area contributed by atoms with Crippen molar-refractivity contribution in [3.63, 3.8) is 0 Å². The molecule has 2 aromatic rings. The fraction of sp³-hybridized carbons (Fsp3) is 0.538. The summed E-state index contributed by atoms with van der Waals surface area (Å²) < 4.78 is 1.88. The molecule has 1 aromatic carbocycles. The number of fused-ring (bicyclic) bond motifs is 1. The second-order valence-corrected chi connectivity index (χ2v) is 9.47. The Morgan fingerprint density at radius 2 is 1.78 bits per heavy atom. The zero-order valence-electron chi connectivity index (χ0n) is 19.5. The number of aromatic nitrogens is 1. The van der Waals surface area contributed by atoms with Crippen molar-refractivity contribution in [1.82, 2.24) is 14.4 Å². The highest BCUT2D eigenvalue weighted by atomic mass is 16.3. The summed E-state index contributed by atoms with van der Waals surface area (Å²) in [7, 11) is 0. The summed E-state index contributed by atoms with van der Waals surface area (Å²) in [4.78, 5) is 30.1. The van der Waals surface area contributed by atoms with Crippen LogP contribution in [-0.4, -0.2) is 44.5 Å². The van der Waals surface area contributed by atoms with E-state index in [0.29, 0.717) is 19.6 Å². The molecule has 1 aliphatic heterocycles. The van der Waals surface area contributed by atoms with Gasteiger partial charge in [-0.25, -0.2) is 0 Å². The molecule has 0 saturated heterocycles. The number of amides is 1. The van der Waals surface area contributed by atoms with Gasteiger partial charge in [0.1, 0.15) is 0 Å². The first-order valence-electron chi connectivity index (χ1n) is 12.0. The Morgan fingerprint density at radius 1 is 1.09 bits per heavy atom. The Balaban J connectivity index is 1.78. The van der Waals surface area contributed by atoms with E-state index in [2.05, 4.69) is 42.2 Å². The van der Waals surface area contributed by atoms with Gasteiger partial charge < -0.3 is 14.6 Å². The zero-order valence-corrected chi connectivity index (χ0v) is 19.5. The van der Waals surface area contributed by atoms with E-state index in [-0.39, 0.29) is 23.2 Å². The van der Waals surface area contributed by atoms with E-state index in [1.165, 1.54) is 24.5 Å². The summed E-state index contributed by atoms with van der Waals surface area (Å²) in [5.74, 6) is -0.687. The third kappa shape index (κ3) is 3.85. The maximum atomic E-state index is 13.1. The average Bonchev–Trinajstić information content (AvgIpc) is 3.28. The molecule has 0 radical (unpaired) electrons. The van der Waals surface area contributed by atoms with Gasteiger partial charge in [-0.05, 0) is 45.2 Å². The fourth-order valence-electron chi connectivity index (χ4n) is 5.63. The summed E-state index contributed by atoms with van der Waals surface area (Å²) in [5, 5.41) is 10.5. The second kappa shape index (κ2) is 9.10. The Bertz CT molecular complexity index is 1020. The van der Waals surface area contributed by atoms with Gasteiger partial charge in [0.25, 0.3) is 5.91 Å². The van der Waals surface area contributed by atoms with Crippen molar-refractivity contribution in [3.05, 3.63) is 63.6 Å². The second-order valence-electron chi connectivity index (χ2n) is 9.47. The average molecular weight is 438 g/mol. The lowest BCUT2D eigenvalue weighted by Crippen LogP contribution is -2.48. The molecular weight excluding hydrogens is 402 g/mol. The summed E-state index contributed by atoms with van der Waals surface area (Å²) in [5.41, 5.74) is 1.75. The topological polar surface area (TPSA) is 65.8 Å². The Kier molecular flexibility index (Phi) is 6.42. The predicted octanol–water partition coefficient (Wildman–Crippen LogP) is 4.10. The normalized spacial score (nSPS) is 17.9. The minimum absolute atomic E-state index is 0.0193. The molecule has 1 amide bonds. The molecule has 2 heterocycles. The molecule has 1 fully saturated rings. The maximum Gasteiger partial charge on any atom is 0.274 e. The smallest absolute Gasteiger partial charge is 0.274 e. The van der Waals surface area contributed by atoms with Gasteiger partial charge in [-0.3, -0.25) is 14.5 Å². The number of rotatable bonds is 7. The molecule has 172 valence electrons. The third-order valence-corrected chi connectivity index (χ3v) is 7.22. The van der Waals surface area contributed by atoms with E-state index in [0.717, 1.165) is 31.5 Å².